The molecule has 6 nitrogen and oxygen atoms in total. The Morgan fingerprint density at radius 3 is 2.40 bits per heavy atom. The molecular formula is C24H22NO5-. The second kappa shape index (κ2) is 9.22. The molecule has 1 amide bonds. The highest BCUT2D eigenvalue weighted by Gasteiger charge is 2.43. The molecule has 6 heteroatoms. The number of Topliss-reactive ketones (excluding diaryl/α,β-unsaturated/α-hetero) is 1. The van der Waals surface area contributed by atoms with Gasteiger partial charge in [0, 0.05) is 18.1 Å². The number of aliphatic hydroxyl groups excluding tert-OH is 1. The number of aliphatic carboxylic acids is 1. The monoisotopic (exact) mass is 404 g/mol. The largest absolute Gasteiger partial charge is 0.550 e. The van der Waals surface area contributed by atoms with Crippen LogP contribution in [0.2, 0.25) is 0 Å². The van der Waals surface area contributed by atoms with Gasteiger partial charge in [0.2, 0.25) is 0 Å². The molecule has 2 aromatic carbocycles. The van der Waals surface area contributed by atoms with Crippen molar-refractivity contribution in [3.8, 4) is 0 Å². The summed E-state index contributed by atoms with van der Waals surface area (Å²) in [5.74, 6) is -3.02. The number of carboxylic acid groups (broad SMARTS) is 1. The van der Waals surface area contributed by atoms with E-state index in [1.54, 1.807) is 36.4 Å². The Bertz CT molecular complexity index is 1010. The van der Waals surface area contributed by atoms with Gasteiger partial charge in [0.1, 0.15) is 5.76 Å². The van der Waals surface area contributed by atoms with Crippen molar-refractivity contribution in [3.63, 3.8) is 0 Å². The van der Waals surface area contributed by atoms with Crippen molar-refractivity contribution >= 4 is 29.5 Å². The number of hydrogen-bond donors (Lipinski definition) is 1. The number of amides is 1. The molecule has 1 saturated heterocycles. The van der Waals surface area contributed by atoms with Gasteiger partial charge in [-0.1, -0.05) is 72.3 Å². The molecule has 1 heterocycles. The Labute approximate surface area is 174 Å². The van der Waals surface area contributed by atoms with Gasteiger partial charge in [-0.2, -0.15) is 0 Å². The molecule has 0 unspecified atom stereocenters. The number of rotatable bonds is 7. The van der Waals surface area contributed by atoms with Gasteiger partial charge in [-0.25, -0.2) is 0 Å². The van der Waals surface area contributed by atoms with Gasteiger partial charge in [0.25, 0.3) is 11.7 Å². The second-order valence-electron chi connectivity index (χ2n) is 7.15. The molecular weight excluding hydrogens is 382 g/mol. The fourth-order valence-electron chi connectivity index (χ4n) is 3.38. The summed E-state index contributed by atoms with van der Waals surface area (Å²) in [6, 6.07) is 15.5. The fraction of sp³-hybridized carbons (Fsp3) is 0.208. The van der Waals surface area contributed by atoms with Gasteiger partial charge in [-0.15, -0.1) is 0 Å². The smallest absolute Gasteiger partial charge is 0.295 e. The van der Waals surface area contributed by atoms with Crippen LogP contribution in [-0.4, -0.2) is 40.3 Å². The van der Waals surface area contributed by atoms with Crippen LogP contribution in [0.1, 0.15) is 29.5 Å². The lowest BCUT2D eigenvalue weighted by molar-refractivity contribution is -0.305. The van der Waals surface area contributed by atoms with Crippen molar-refractivity contribution in [2.24, 2.45) is 0 Å². The standard InChI is InChI=1S/C24H23NO5/c1-16-9-12-18(13-10-16)22(28)21-19(14-11-17-6-3-2-4-7-17)25(24(30)23(21)29)15-5-8-20(26)27/h2-4,6-7,9-14,19,28H,5,8,15H2,1H3,(H,26,27)/p-1/b14-11+,22-21?/t19-/m1/s1. The van der Waals surface area contributed by atoms with Crippen LogP contribution in [-0.2, 0) is 14.4 Å². The lowest BCUT2D eigenvalue weighted by atomic mass is 9.99. The minimum Gasteiger partial charge on any atom is -0.550 e. The topological polar surface area (TPSA) is 97.7 Å². The maximum Gasteiger partial charge on any atom is 0.295 e. The molecule has 1 atom stereocenters. The quantitative estimate of drug-likeness (QED) is 0.434. The first-order valence-electron chi connectivity index (χ1n) is 9.67. The molecule has 154 valence electrons. The average molecular weight is 404 g/mol. The van der Waals surface area contributed by atoms with Crippen molar-refractivity contribution in [2.75, 3.05) is 6.54 Å². The predicted molar refractivity (Wildman–Crippen MR) is 111 cm³/mol. The van der Waals surface area contributed by atoms with Crippen LogP contribution in [0, 0.1) is 6.92 Å². The minimum absolute atomic E-state index is 0.00974. The zero-order valence-electron chi connectivity index (χ0n) is 16.6. The van der Waals surface area contributed by atoms with E-state index in [9.17, 15) is 24.6 Å². The number of carbonyl (C=O) groups is 3. The summed E-state index contributed by atoms with van der Waals surface area (Å²) < 4.78 is 0. The number of benzene rings is 2. The normalized spacial score (nSPS) is 18.3. The molecule has 0 bridgehead atoms. The third-order valence-electron chi connectivity index (χ3n) is 4.96. The first-order chi connectivity index (χ1) is 14.4. The Morgan fingerprint density at radius 1 is 1.10 bits per heavy atom. The van der Waals surface area contributed by atoms with E-state index in [1.165, 1.54) is 4.90 Å². The van der Waals surface area contributed by atoms with E-state index in [0.717, 1.165) is 11.1 Å². The van der Waals surface area contributed by atoms with E-state index >= 15 is 0 Å². The van der Waals surface area contributed by atoms with Gasteiger partial charge >= 0.3 is 0 Å². The van der Waals surface area contributed by atoms with Crippen LogP contribution in [0.5, 0.6) is 0 Å². The zero-order valence-corrected chi connectivity index (χ0v) is 16.6. The highest BCUT2D eigenvalue weighted by atomic mass is 16.4. The summed E-state index contributed by atoms with van der Waals surface area (Å²) >= 11 is 0. The van der Waals surface area contributed by atoms with Crippen LogP contribution in [0.3, 0.4) is 0 Å². The molecule has 0 spiro atoms. The Morgan fingerprint density at radius 2 is 1.77 bits per heavy atom. The molecule has 0 radical (unpaired) electrons. The molecule has 0 aliphatic carbocycles. The molecule has 30 heavy (non-hydrogen) atoms. The van der Waals surface area contributed by atoms with Crippen molar-refractivity contribution in [1.29, 1.82) is 0 Å². The van der Waals surface area contributed by atoms with Crippen molar-refractivity contribution < 1.29 is 24.6 Å². The van der Waals surface area contributed by atoms with E-state index in [2.05, 4.69) is 0 Å². The van der Waals surface area contributed by atoms with Crippen LogP contribution in [0.25, 0.3) is 11.8 Å². The maximum absolute atomic E-state index is 12.7. The summed E-state index contributed by atoms with van der Waals surface area (Å²) in [6.45, 7) is 1.97. The van der Waals surface area contributed by atoms with Crippen LogP contribution >= 0.6 is 0 Å². The van der Waals surface area contributed by atoms with Crippen molar-refractivity contribution in [2.45, 2.75) is 25.8 Å². The summed E-state index contributed by atoms with van der Waals surface area (Å²) in [5, 5.41) is 21.6. The van der Waals surface area contributed by atoms with Gasteiger partial charge < -0.3 is 19.9 Å². The SMILES string of the molecule is Cc1ccc(C(O)=C2C(=O)C(=O)N(CCCC(=O)[O-])[C@@H]2/C=C/c2ccccc2)cc1. The average Bonchev–Trinajstić information content (AvgIpc) is 2.97. The first kappa shape index (κ1) is 21.0. The lowest BCUT2D eigenvalue weighted by Gasteiger charge is -2.22. The third-order valence-corrected chi connectivity index (χ3v) is 4.96. The second-order valence-corrected chi connectivity index (χ2v) is 7.15. The van der Waals surface area contributed by atoms with Gasteiger partial charge in [0.05, 0.1) is 11.6 Å². The van der Waals surface area contributed by atoms with Gasteiger partial charge in [0.15, 0.2) is 0 Å². The van der Waals surface area contributed by atoms with Gasteiger partial charge in [-0.3, -0.25) is 9.59 Å². The van der Waals surface area contributed by atoms with E-state index < -0.39 is 23.7 Å². The first-order valence-corrected chi connectivity index (χ1v) is 9.67. The van der Waals surface area contributed by atoms with E-state index in [-0.39, 0.29) is 30.7 Å². The predicted octanol–water partition coefficient (Wildman–Crippen LogP) is 2.29. The number of ketones is 1. The molecule has 0 aromatic heterocycles. The summed E-state index contributed by atoms with van der Waals surface area (Å²) in [5.41, 5.74) is 2.29. The Hall–Kier alpha value is -3.67. The number of carboxylic acids is 1. The summed E-state index contributed by atoms with van der Waals surface area (Å²) in [7, 11) is 0. The number of aryl methyl sites for hydroxylation is 1. The third kappa shape index (κ3) is 4.66. The summed E-state index contributed by atoms with van der Waals surface area (Å²) in [6.07, 6.45) is 3.37. The number of hydrogen-bond acceptors (Lipinski definition) is 5. The van der Waals surface area contributed by atoms with Crippen LogP contribution < -0.4 is 5.11 Å². The van der Waals surface area contributed by atoms with Crippen molar-refractivity contribution in [3.05, 3.63) is 82.9 Å². The van der Waals surface area contributed by atoms with Crippen molar-refractivity contribution in [1.82, 2.24) is 4.90 Å². The molecule has 2 aromatic rings. The lowest BCUT2D eigenvalue weighted by Crippen LogP contribution is -2.35. The molecule has 1 aliphatic heterocycles. The number of nitrogens with zero attached hydrogens (tertiary/aromatic N) is 1. The fourth-order valence-corrected chi connectivity index (χ4v) is 3.38. The highest BCUT2D eigenvalue weighted by Crippen LogP contribution is 2.30. The van der Waals surface area contributed by atoms with E-state index in [0.29, 0.717) is 5.56 Å². The van der Waals surface area contributed by atoms with E-state index in [1.807, 2.05) is 37.3 Å². The highest BCUT2D eigenvalue weighted by molar-refractivity contribution is 6.47. The molecule has 1 aliphatic rings. The number of aliphatic hydroxyl groups is 1. The molecule has 1 N–H and O–H groups in total. The van der Waals surface area contributed by atoms with Gasteiger partial charge in [-0.05, 0) is 25.3 Å². The Kier molecular flexibility index (Phi) is 6.47. The summed E-state index contributed by atoms with van der Waals surface area (Å²) in [4.78, 5) is 37.4. The van der Waals surface area contributed by atoms with Crippen LogP contribution in [0.15, 0.2) is 66.2 Å². The minimum atomic E-state index is -1.22. The molecule has 1 fully saturated rings. The van der Waals surface area contributed by atoms with Crippen LogP contribution in [0.4, 0.5) is 0 Å². The van der Waals surface area contributed by atoms with E-state index in [4.69, 9.17) is 0 Å². The zero-order chi connectivity index (χ0) is 21.7. The Balaban J connectivity index is 2.01. The number of carbonyl (C=O) groups excluding carboxylic acids is 3. The number of likely N-dealkylation sites (tertiary alicyclic amines) is 1. The molecule has 0 saturated carbocycles. The maximum atomic E-state index is 12.7. The molecule has 3 rings (SSSR count).